The van der Waals surface area contributed by atoms with Crippen LogP contribution >= 0.6 is 23.2 Å². The maximum absolute atomic E-state index is 12.3. The second kappa shape index (κ2) is 7.77. The van der Waals surface area contributed by atoms with Crippen molar-refractivity contribution in [3.05, 3.63) is 58.1 Å². The van der Waals surface area contributed by atoms with Crippen LogP contribution in [0.3, 0.4) is 0 Å². The standard InChI is InChI=1S/C16H14Cl2N6O3/c1-9(24-7-11(5-20-24)15(26)27)14(25)21-16-19-8-23(22-16)6-10-2-3-12(17)4-13(10)18/h2-5,7-9H,6H2,1H3,(H,26,27)(H,21,22,25). The summed E-state index contributed by atoms with van der Waals surface area (Å²) in [6, 6.07) is 4.40. The van der Waals surface area contributed by atoms with Gasteiger partial charge in [0.15, 0.2) is 0 Å². The number of carboxylic acid groups (broad SMARTS) is 1. The normalized spacial score (nSPS) is 12.0. The Morgan fingerprint density at radius 1 is 1.33 bits per heavy atom. The van der Waals surface area contributed by atoms with E-state index >= 15 is 0 Å². The average molecular weight is 409 g/mol. The third kappa shape index (κ3) is 4.44. The predicted molar refractivity (Wildman–Crippen MR) is 98.1 cm³/mol. The molecule has 2 N–H and O–H groups in total. The molecule has 1 atom stereocenters. The molecule has 0 saturated heterocycles. The van der Waals surface area contributed by atoms with E-state index in [0.717, 1.165) is 5.56 Å². The van der Waals surface area contributed by atoms with Gasteiger partial charge in [-0.15, -0.1) is 5.10 Å². The fourth-order valence-electron chi connectivity index (χ4n) is 2.25. The van der Waals surface area contributed by atoms with Crippen molar-refractivity contribution in [2.75, 3.05) is 5.32 Å². The summed E-state index contributed by atoms with van der Waals surface area (Å²) in [5, 5.41) is 20.6. The molecular formula is C16H14Cl2N6O3. The van der Waals surface area contributed by atoms with E-state index in [4.69, 9.17) is 28.3 Å². The summed E-state index contributed by atoms with van der Waals surface area (Å²) >= 11 is 12.0. The summed E-state index contributed by atoms with van der Waals surface area (Å²) in [5.41, 5.74) is 0.798. The van der Waals surface area contributed by atoms with Gasteiger partial charge in [-0.2, -0.15) is 5.10 Å². The molecule has 3 rings (SSSR count). The molecular weight excluding hydrogens is 395 g/mol. The number of carbonyl (C=O) groups excluding carboxylic acids is 1. The van der Waals surface area contributed by atoms with E-state index < -0.39 is 17.9 Å². The zero-order chi connectivity index (χ0) is 19.6. The lowest BCUT2D eigenvalue weighted by atomic mass is 10.2. The summed E-state index contributed by atoms with van der Waals surface area (Å²) in [4.78, 5) is 27.2. The van der Waals surface area contributed by atoms with Gasteiger partial charge in [0.1, 0.15) is 12.4 Å². The molecule has 9 nitrogen and oxygen atoms in total. The number of benzene rings is 1. The van der Waals surface area contributed by atoms with Crippen molar-refractivity contribution < 1.29 is 14.7 Å². The zero-order valence-electron chi connectivity index (χ0n) is 14.0. The van der Waals surface area contributed by atoms with Crippen LogP contribution in [0.25, 0.3) is 0 Å². The number of nitrogens with zero attached hydrogens (tertiary/aromatic N) is 5. The molecule has 0 bridgehead atoms. The van der Waals surface area contributed by atoms with Gasteiger partial charge in [-0.05, 0) is 24.6 Å². The van der Waals surface area contributed by atoms with Crippen LogP contribution in [0.4, 0.5) is 5.95 Å². The number of carbonyl (C=O) groups is 2. The van der Waals surface area contributed by atoms with E-state index in [1.54, 1.807) is 25.1 Å². The van der Waals surface area contributed by atoms with Crippen LogP contribution in [0.5, 0.6) is 0 Å². The van der Waals surface area contributed by atoms with Crippen LogP contribution < -0.4 is 5.32 Å². The van der Waals surface area contributed by atoms with Crippen molar-refractivity contribution in [3.8, 4) is 0 Å². The molecule has 0 spiro atoms. The molecule has 2 aromatic heterocycles. The molecule has 0 aliphatic rings. The van der Waals surface area contributed by atoms with E-state index in [-0.39, 0.29) is 11.5 Å². The van der Waals surface area contributed by atoms with Crippen molar-refractivity contribution in [2.45, 2.75) is 19.5 Å². The summed E-state index contributed by atoms with van der Waals surface area (Å²) < 4.78 is 2.77. The second-order valence-corrected chi connectivity index (χ2v) is 6.52. The number of hydrogen-bond donors (Lipinski definition) is 2. The van der Waals surface area contributed by atoms with E-state index in [1.165, 1.54) is 28.1 Å². The van der Waals surface area contributed by atoms with Gasteiger partial charge >= 0.3 is 5.97 Å². The summed E-state index contributed by atoms with van der Waals surface area (Å²) in [5.74, 6) is -1.44. The SMILES string of the molecule is CC(C(=O)Nc1ncn(Cc2ccc(Cl)cc2Cl)n1)n1cc(C(=O)O)cn1. The van der Waals surface area contributed by atoms with Crippen molar-refractivity contribution in [3.63, 3.8) is 0 Å². The Morgan fingerprint density at radius 2 is 2.11 bits per heavy atom. The van der Waals surface area contributed by atoms with Gasteiger partial charge in [-0.3, -0.25) is 14.8 Å². The van der Waals surface area contributed by atoms with Crippen molar-refractivity contribution in [1.82, 2.24) is 24.5 Å². The number of amides is 1. The third-order valence-electron chi connectivity index (χ3n) is 3.74. The van der Waals surface area contributed by atoms with Gasteiger partial charge < -0.3 is 5.11 Å². The van der Waals surface area contributed by atoms with Gasteiger partial charge in [-0.1, -0.05) is 29.3 Å². The van der Waals surface area contributed by atoms with Gasteiger partial charge in [0.05, 0.1) is 18.3 Å². The first-order chi connectivity index (χ1) is 12.8. The van der Waals surface area contributed by atoms with Gasteiger partial charge in [0, 0.05) is 16.2 Å². The van der Waals surface area contributed by atoms with Gasteiger partial charge in [-0.25, -0.2) is 14.5 Å². The number of halogens is 2. The lowest BCUT2D eigenvalue weighted by molar-refractivity contribution is -0.119. The van der Waals surface area contributed by atoms with Gasteiger partial charge in [0.25, 0.3) is 5.91 Å². The Balaban J connectivity index is 1.65. The lowest BCUT2D eigenvalue weighted by Gasteiger charge is -2.10. The van der Waals surface area contributed by atoms with Crippen LogP contribution in [0.1, 0.15) is 28.9 Å². The Bertz CT molecular complexity index is 1000. The van der Waals surface area contributed by atoms with Gasteiger partial charge in [0.2, 0.25) is 5.95 Å². The molecule has 140 valence electrons. The number of hydrogen-bond acceptors (Lipinski definition) is 5. The quantitative estimate of drug-likeness (QED) is 0.647. The summed E-state index contributed by atoms with van der Waals surface area (Å²) in [7, 11) is 0. The molecule has 0 aliphatic carbocycles. The highest BCUT2D eigenvalue weighted by Crippen LogP contribution is 2.21. The summed E-state index contributed by atoms with van der Waals surface area (Å²) in [6.07, 6.45) is 3.91. The van der Waals surface area contributed by atoms with Crippen LogP contribution in [0, 0.1) is 0 Å². The molecule has 0 saturated carbocycles. The average Bonchev–Trinajstić information content (AvgIpc) is 3.26. The minimum Gasteiger partial charge on any atom is -0.478 e. The van der Waals surface area contributed by atoms with Crippen molar-refractivity contribution in [1.29, 1.82) is 0 Å². The lowest BCUT2D eigenvalue weighted by Crippen LogP contribution is -2.24. The van der Waals surface area contributed by atoms with Crippen molar-refractivity contribution in [2.24, 2.45) is 0 Å². The zero-order valence-corrected chi connectivity index (χ0v) is 15.5. The largest absolute Gasteiger partial charge is 0.478 e. The topological polar surface area (TPSA) is 115 Å². The predicted octanol–water partition coefficient (Wildman–Crippen LogP) is 2.73. The van der Waals surface area contributed by atoms with Crippen LogP contribution in [0.2, 0.25) is 10.0 Å². The smallest absolute Gasteiger partial charge is 0.338 e. The highest BCUT2D eigenvalue weighted by atomic mass is 35.5. The second-order valence-electron chi connectivity index (χ2n) is 5.68. The fraction of sp³-hybridized carbons (Fsp3) is 0.188. The first-order valence-corrected chi connectivity index (χ1v) is 8.51. The molecule has 1 amide bonds. The molecule has 0 aliphatic heterocycles. The molecule has 1 aromatic carbocycles. The number of aromatic nitrogens is 5. The minimum absolute atomic E-state index is 0.00287. The number of carboxylic acids is 1. The number of rotatable bonds is 6. The fourth-order valence-corrected chi connectivity index (χ4v) is 2.72. The molecule has 11 heteroatoms. The molecule has 0 fully saturated rings. The van der Waals surface area contributed by atoms with Crippen molar-refractivity contribution >= 4 is 41.0 Å². The van der Waals surface area contributed by atoms with E-state index in [0.29, 0.717) is 16.6 Å². The van der Waals surface area contributed by atoms with E-state index in [9.17, 15) is 9.59 Å². The highest BCUT2D eigenvalue weighted by Gasteiger charge is 2.19. The Morgan fingerprint density at radius 3 is 2.78 bits per heavy atom. The minimum atomic E-state index is -1.12. The molecule has 3 aromatic rings. The first-order valence-electron chi connectivity index (χ1n) is 7.75. The Labute approximate surface area is 163 Å². The number of anilines is 1. The van der Waals surface area contributed by atoms with Crippen LogP contribution in [0.15, 0.2) is 36.9 Å². The molecule has 1 unspecified atom stereocenters. The molecule has 0 radical (unpaired) electrons. The summed E-state index contributed by atoms with van der Waals surface area (Å²) in [6.45, 7) is 1.94. The van der Waals surface area contributed by atoms with Crippen LogP contribution in [-0.4, -0.2) is 41.5 Å². The maximum Gasteiger partial charge on any atom is 0.338 e. The molecule has 27 heavy (non-hydrogen) atoms. The van der Waals surface area contributed by atoms with Crippen LogP contribution in [-0.2, 0) is 11.3 Å². The first kappa shape index (κ1) is 18.9. The monoisotopic (exact) mass is 408 g/mol. The number of nitrogens with one attached hydrogen (secondary N) is 1. The highest BCUT2D eigenvalue weighted by molar-refractivity contribution is 6.35. The maximum atomic E-state index is 12.3. The number of aromatic carboxylic acids is 1. The third-order valence-corrected chi connectivity index (χ3v) is 4.33. The molecule has 2 heterocycles. The van der Waals surface area contributed by atoms with E-state index in [2.05, 4.69) is 20.5 Å². The Hall–Kier alpha value is -2.91. The van der Waals surface area contributed by atoms with E-state index in [1.807, 2.05) is 0 Å². The Kier molecular flexibility index (Phi) is 5.43.